The van der Waals surface area contributed by atoms with E-state index in [0.29, 0.717) is 0 Å². The Labute approximate surface area is 401 Å². The van der Waals surface area contributed by atoms with Crippen molar-refractivity contribution >= 4 is 60.8 Å². The molecule has 324 valence electrons. The highest BCUT2D eigenvalue weighted by Crippen LogP contribution is 2.42. The highest BCUT2D eigenvalue weighted by molar-refractivity contribution is 6.13. The lowest BCUT2D eigenvalue weighted by Gasteiger charge is -2.27. The van der Waals surface area contributed by atoms with Gasteiger partial charge in [-0.15, -0.1) is 0 Å². The van der Waals surface area contributed by atoms with Crippen LogP contribution in [-0.4, -0.2) is 4.57 Å². The van der Waals surface area contributed by atoms with E-state index >= 15 is 0 Å². The molecule has 0 aliphatic rings. The van der Waals surface area contributed by atoms with E-state index in [1.54, 1.807) is 0 Å². The number of rotatable bonds is 9. The molecule has 2 aromatic heterocycles. The predicted molar refractivity (Wildman–Crippen MR) is 290 cm³/mol. The van der Waals surface area contributed by atoms with Crippen LogP contribution in [0.25, 0.3) is 105 Å². The Morgan fingerprint density at radius 2 is 0.725 bits per heavy atom. The zero-order valence-corrected chi connectivity index (χ0v) is 37.7. The fourth-order valence-corrected chi connectivity index (χ4v) is 10.3. The van der Waals surface area contributed by atoms with Crippen LogP contribution in [0.5, 0.6) is 0 Å². The standard InChI is InChI=1S/C66H44N2O/c1-2-15-45(16-3-1)46-33-35-47(36-34-46)51-19-11-22-55(42-51)67(56-23-13-21-53(44-56)58-28-14-32-65-66(58)61-27-6-9-31-64(61)69-65)54-39-37-48(38-40-54)49-17-10-18-50(41-49)52-20-12-24-57(43-52)68-62-29-7-4-25-59(62)60-26-5-8-30-63(60)68/h1-44H. The SMILES string of the molecule is c1ccc(-c2ccc(-c3cccc(N(c4ccc(-c5cccc(-c6cccc(-n7c8ccccc8c8ccccc87)c6)c5)cc4)c4cccc(-c5cccc6oc7ccccc7c56)c4)c3)cc2)cc1. The third-order valence-electron chi connectivity index (χ3n) is 13.6. The quantitative estimate of drug-likeness (QED) is 0.144. The Hall–Kier alpha value is -9.18. The number of hydrogen-bond donors (Lipinski definition) is 0. The van der Waals surface area contributed by atoms with E-state index in [4.69, 9.17) is 4.42 Å². The Kier molecular flexibility index (Phi) is 9.84. The van der Waals surface area contributed by atoms with Crippen LogP contribution >= 0.6 is 0 Å². The lowest BCUT2D eigenvalue weighted by molar-refractivity contribution is 0.669. The predicted octanol–water partition coefficient (Wildman–Crippen LogP) is 18.5. The average Bonchev–Trinajstić information content (AvgIpc) is 3.98. The van der Waals surface area contributed by atoms with Crippen molar-refractivity contribution in [2.75, 3.05) is 4.90 Å². The van der Waals surface area contributed by atoms with Gasteiger partial charge in [0.25, 0.3) is 0 Å². The smallest absolute Gasteiger partial charge is 0.136 e. The number of benzene rings is 11. The third-order valence-corrected chi connectivity index (χ3v) is 13.6. The van der Waals surface area contributed by atoms with Gasteiger partial charge in [0.15, 0.2) is 0 Å². The number of anilines is 3. The molecule has 0 atom stereocenters. The first kappa shape index (κ1) is 40.1. The Morgan fingerprint density at radius 1 is 0.275 bits per heavy atom. The molecule has 3 heteroatoms. The van der Waals surface area contributed by atoms with E-state index in [2.05, 4.69) is 264 Å². The molecule has 0 spiro atoms. The summed E-state index contributed by atoms with van der Waals surface area (Å²) in [5.41, 5.74) is 20.2. The van der Waals surface area contributed by atoms with Crippen molar-refractivity contribution in [1.29, 1.82) is 0 Å². The number of aromatic nitrogens is 1. The molecule has 0 saturated carbocycles. The molecule has 0 fully saturated rings. The number of furan rings is 1. The molecule has 0 N–H and O–H groups in total. The van der Waals surface area contributed by atoms with Gasteiger partial charge >= 0.3 is 0 Å². The molecule has 0 radical (unpaired) electrons. The molecule has 0 bridgehead atoms. The van der Waals surface area contributed by atoms with Gasteiger partial charge in [-0.1, -0.05) is 188 Å². The number of fused-ring (bicyclic) bond motifs is 6. The van der Waals surface area contributed by atoms with Crippen molar-refractivity contribution in [2.24, 2.45) is 0 Å². The van der Waals surface area contributed by atoms with Crippen LogP contribution in [0.1, 0.15) is 0 Å². The van der Waals surface area contributed by atoms with Gasteiger partial charge in [-0.05, 0) is 134 Å². The molecular weight excluding hydrogens is 837 g/mol. The van der Waals surface area contributed by atoms with Gasteiger partial charge < -0.3 is 13.9 Å². The second-order valence-electron chi connectivity index (χ2n) is 17.7. The van der Waals surface area contributed by atoms with Crippen molar-refractivity contribution < 1.29 is 4.42 Å². The Bertz CT molecular complexity index is 3960. The first-order valence-corrected chi connectivity index (χ1v) is 23.6. The van der Waals surface area contributed by atoms with E-state index in [9.17, 15) is 0 Å². The van der Waals surface area contributed by atoms with Gasteiger partial charge in [-0.2, -0.15) is 0 Å². The van der Waals surface area contributed by atoms with E-state index in [-0.39, 0.29) is 0 Å². The van der Waals surface area contributed by atoms with E-state index in [0.717, 1.165) is 72.5 Å². The summed E-state index contributed by atoms with van der Waals surface area (Å²) < 4.78 is 8.72. The van der Waals surface area contributed by atoms with Gasteiger partial charge in [0, 0.05) is 44.3 Å². The summed E-state index contributed by atoms with van der Waals surface area (Å²) in [5.74, 6) is 0. The average molecular weight is 881 g/mol. The normalized spacial score (nSPS) is 11.5. The minimum atomic E-state index is 0.887. The van der Waals surface area contributed by atoms with Crippen molar-refractivity contribution in [3.63, 3.8) is 0 Å². The molecule has 2 heterocycles. The van der Waals surface area contributed by atoms with E-state index < -0.39 is 0 Å². The van der Waals surface area contributed by atoms with Gasteiger partial charge in [0.05, 0.1) is 11.0 Å². The molecule has 13 aromatic rings. The zero-order chi connectivity index (χ0) is 45.7. The molecule has 0 aliphatic carbocycles. The van der Waals surface area contributed by atoms with E-state index in [1.807, 2.05) is 12.1 Å². The molecule has 3 nitrogen and oxygen atoms in total. The highest BCUT2D eigenvalue weighted by Gasteiger charge is 2.18. The van der Waals surface area contributed by atoms with Gasteiger partial charge in [0.1, 0.15) is 11.2 Å². The third kappa shape index (κ3) is 7.25. The molecule has 69 heavy (non-hydrogen) atoms. The van der Waals surface area contributed by atoms with Gasteiger partial charge in [0.2, 0.25) is 0 Å². The summed E-state index contributed by atoms with van der Waals surface area (Å²) in [6, 6.07) is 96.1. The lowest BCUT2D eigenvalue weighted by atomic mass is 9.97. The van der Waals surface area contributed by atoms with Crippen LogP contribution in [0, 0.1) is 0 Å². The second kappa shape index (κ2) is 16.9. The van der Waals surface area contributed by atoms with Crippen molar-refractivity contribution in [1.82, 2.24) is 4.57 Å². The molecule has 13 rings (SSSR count). The first-order chi connectivity index (χ1) is 34.2. The van der Waals surface area contributed by atoms with Crippen LogP contribution in [-0.2, 0) is 0 Å². The maximum absolute atomic E-state index is 6.34. The topological polar surface area (TPSA) is 21.3 Å². The fourth-order valence-electron chi connectivity index (χ4n) is 10.3. The summed E-state index contributed by atoms with van der Waals surface area (Å²) in [7, 11) is 0. The summed E-state index contributed by atoms with van der Waals surface area (Å²) in [4.78, 5) is 2.37. The zero-order valence-electron chi connectivity index (χ0n) is 37.7. The summed E-state index contributed by atoms with van der Waals surface area (Å²) in [6.07, 6.45) is 0. The van der Waals surface area contributed by atoms with E-state index in [1.165, 1.54) is 49.6 Å². The second-order valence-corrected chi connectivity index (χ2v) is 17.7. The highest BCUT2D eigenvalue weighted by atomic mass is 16.3. The van der Waals surface area contributed by atoms with Crippen LogP contribution in [0.4, 0.5) is 17.1 Å². The minimum Gasteiger partial charge on any atom is -0.456 e. The summed E-state index contributed by atoms with van der Waals surface area (Å²) >= 11 is 0. The number of hydrogen-bond acceptors (Lipinski definition) is 2. The molecule has 0 unspecified atom stereocenters. The monoisotopic (exact) mass is 880 g/mol. The van der Waals surface area contributed by atoms with Gasteiger partial charge in [-0.3, -0.25) is 0 Å². The van der Waals surface area contributed by atoms with Crippen LogP contribution in [0.2, 0.25) is 0 Å². The number of nitrogens with zero attached hydrogens (tertiary/aromatic N) is 2. The lowest BCUT2D eigenvalue weighted by Crippen LogP contribution is -2.10. The summed E-state index contributed by atoms with van der Waals surface area (Å²) in [5, 5.41) is 4.77. The van der Waals surface area contributed by atoms with Crippen LogP contribution < -0.4 is 4.90 Å². The molecule has 0 amide bonds. The largest absolute Gasteiger partial charge is 0.456 e. The first-order valence-electron chi connectivity index (χ1n) is 23.6. The minimum absolute atomic E-state index is 0.887. The van der Waals surface area contributed by atoms with Crippen molar-refractivity contribution in [2.45, 2.75) is 0 Å². The Morgan fingerprint density at radius 3 is 1.42 bits per heavy atom. The molecule has 11 aromatic carbocycles. The van der Waals surface area contributed by atoms with Crippen LogP contribution in [0.3, 0.4) is 0 Å². The molecular formula is C66H44N2O. The Balaban J connectivity index is 0.880. The van der Waals surface area contributed by atoms with Crippen molar-refractivity contribution in [3.8, 4) is 61.3 Å². The van der Waals surface area contributed by atoms with Crippen LogP contribution in [0.15, 0.2) is 271 Å². The summed E-state index contributed by atoms with van der Waals surface area (Å²) in [6.45, 7) is 0. The van der Waals surface area contributed by atoms with Gasteiger partial charge in [-0.25, -0.2) is 0 Å². The maximum Gasteiger partial charge on any atom is 0.136 e. The molecule has 0 saturated heterocycles. The fraction of sp³-hybridized carbons (Fsp3) is 0. The number of para-hydroxylation sites is 3. The van der Waals surface area contributed by atoms with Crippen molar-refractivity contribution in [3.05, 3.63) is 267 Å². The molecule has 0 aliphatic heterocycles. The maximum atomic E-state index is 6.34.